The zero-order valence-corrected chi connectivity index (χ0v) is 8.32. The summed E-state index contributed by atoms with van der Waals surface area (Å²) in [6, 6.07) is 0.122. The average Bonchev–Trinajstić information content (AvgIpc) is 2.43. The fourth-order valence-corrected chi connectivity index (χ4v) is 1.29. The second kappa shape index (κ2) is 4.58. The number of rotatable bonds is 4. The summed E-state index contributed by atoms with van der Waals surface area (Å²) in [5.41, 5.74) is 5.59. The van der Waals surface area contributed by atoms with Crippen LogP contribution in [0.2, 0.25) is 0 Å². The van der Waals surface area contributed by atoms with E-state index in [0.717, 1.165) is 12.8 Å². The molecule has 4 heteroatoms. The summed E-state index contributed by atoms with van der Waals surface area (Å²) < 4.78 is 0. The monoisotopic (exact) mass is 186 g/mol. The van der Waals surface area contributed by atoms with Crippen LogP contribution in [0.3, 0.4) is 0 Å². The summed E-state index contributed by atoms with van der Waals surface area (Å²) >= 11 is 0. The fraction of sp³-hybridized carbons (Fsp3) is 0.889. The van der Waals surface area contributed by atoms with E-state index in [1.807, 2.05) is 13.8 Å². The number of nitrogens with two attached hydrogens (primary N) is 1. The highest BCUT2D eigenvalue weighted by atomic mass is 16.7. The molecule has 0 bridgehead atoms. The molecule has 4 nitrogen and oxygen atoms in total. The van der Waals surface area contributed by atoms with Crippen molar-refractivity contribution >= 4 is 5.91 Å². The highest BCUT2D eigenvalue weighted by Crippen LogP contribution is 2.17. The van der Waals surface area contributed by atoms with Gasteiger partial charge in [-0.2, -0.15) is 0 Å². The Balaban J connectivity index is 2.31. The summed E-state index contributed by atoms with van der Waals surface area (Å²) in [5, 5.41) is 1.46. The van der Waals surface area contributed by atoms with Crippen LogP contribution in [-0.4, -0.2) is 29.7 Å². The number of amides is 1. The van der Waals surface area contributed by atoms with Gasteiger partial charge in [-0.3, -0.25) is 9.63 Å². The molecule has 1 rings (SSSR count). The molecule has 1 aliphatic rings. The second-order valence-electron chi connectivity index (χ2n) is 3.60. The van der Waals surface area contributed by atoms with Crippen molar-refractivity contribution in [3.63, 3.8) is 0 Å². The van der Waals surface area contributed by atoms with Crippen LogP contribution in [0, 0.1) is 0 Å². The van der Waals surface area contributed by atoms with Crippen LogP contribution >= 0.6 is 0 Å². The normalized spacial score (nSPS) is 25.3. The topological polar surface area (TPSA) is 55.6 Å². The minimum Gasteiger partial charge on any atom is -0.328 e. The van der Waals surface area contributed by atoms with E-state index in [-0.39, 0.29) is 18.1 Å². The van der Waals surface area contributed by atoms with E-state index < -0.39 is 0 Å². The molecule has 0 radical (unpaired) electrons. The van der Waals surface area contributed by atoms with Crippen LogP contribution < -0.4 is 5.73 Å². The molecule has 1 fully saturated rings. The maximum absolute atomic E-state index is 11.3. The van der Waals surface area contributed by atoms with Gasteiger partial charge >= 0.3 is 0 Å². The maximum atomic E-state index is 11.3. The molecular weight excluding hydrogens is 168 g/mol. The van der Waals surface area contributed by atoms with E-state index in [4.69, 9.17) is 10.6 Å². The standard InChI is InChI=1S/C9H18N2O2/c1-3-8-6-9(12)11(13-8)5-4-7(2)10/h7-8H,3-6,10H2,1-2H3. The van der Waals surface area contributed by atoms with Crippen LogP contribution in [0.1, 0.15) is 33.1 Å². The van der Waals surface area contributed by atoms with Crippen LogP contribution in [-0.2, 0) is 9.63 Å². The van der Waals surface area contributed by atoms with Crippen molar-refractivity contribution < 1.29 is 9.63 Å². The number of hydroxylamine groups is 2. The van der Waals surface area contributed by atoms with Crippen molar-refractivity contribution in [2.24, 2.45) is 5.73 Å². The van der Waals surface area contributed by atoms with Crippen molar-refractivity contribution in [3.8, 4) is 0 Å². The average molecular weight is 186 g/mol. The summed E-state index contributed by atoms with van der Waals surface area (Å²) in [7, 11) is 0. The molecule has 1 aliphatic heterocycles. The van der Waals surface area contributed by atoms with E-state index in [1.54, 1.807) is 0 Å². The van der Waals surface area contributed by atoms with Gasteiger partial charge in [0.2, 0.25) is 5.91 Å². The highest BCUT2D eigenvalue weighted by molar-refractivity contribution is 5.77. The minimum absolute atomic E-state index is 0.0839. The lowest BCUT2D eigenvalue weighted by Gasteiger charge is -2.16. The third kappa shape index (κ3) is 2.97. The number of carbonyl (C=O) groups is 1. The summed E-state index contributed by atoms with van der Waals surface area (Å²) in [6.07, 6.45) is 2.29. The van der Waals surface area contributed by atoms with Crippen LogP contribution in [0.15, 0.2) is 0 Å². The quantitative estimate of drug-likeness (QED) is 0.702. The fourth-order valence-electron chi connectivity index (χ4n) is 1.29. The molecule has 0 aliphatic carbocycles. The van der Waals surface area contributed by atoms with Crippen molar-refractivity contribution in [2.45, 2.75) is 45.3 Å². The van der Waals surface area contributed by atoms with Gasteiger partial charge in [-0.05, 0) is 19.8 Å². The maximum Gasteiger partial charge on any atom is 0.248 e. The molecule has 0 aromatic rings. The Morgan fingerprint density at radius 1 is 1.77 bits per heavy atom. The molecule has 2 atom stereocenters. The molecule has 2 N–H and O–H groups in total. The van der Waals surface area contributed by atoms with E-state index in [9.17, 15) is 4.79 Å². The van der Waals surface area contributed by atoms with Gasteiger partial charge in [0.15, 0.2) is 0 Å². The van der Waals surface area contributed by atoms with Gasteiger partial charge in [-0.1, -0.05) is 6.92 Å². The SMILES string of the molecule is CCC1CC(=O)N(CCC(C)N)O1. The van der Waals surface area contributed by atoms with E-state index in [2.05, 4.69) is 0 Å². The van der Waals surface area contributed by atoms with Gasteiger partial charge in [0.25, 0.3) is 0 Å². The summed E-state index contributed by atoms with van der Waals surface area (Å²) in [6.45, 7) is 4.57. The molecule has 1 saturated heterocycles. The van der Waals surface area contributed by atoms with Crippen LogP contribution in [0.5, 0.6) is 0 Å². The molecule has 76 valence electrons. The molecule has 0 aromatic heterocycles. The third-order valence-corrected chi connectivity index (χ3v) is 2.20. The number of hydrogen-bond donors (Lipinski definition) is 1. The molecule has 0 saturated carbocycles. The summed E-state index contributed by atoms with van der Waals surface area (Å²) in [4.78, 5) is 16.7. The zero-order valence-electron chi connectivity index (χ0n) is 8.32. The Labute approximate surface area is 79.0 Å². The molecule has 1 heterocycles. The number of hydrogen-bond acceptors (Lipinski definition) is 3. The lowest BCUT2D eigenvalue weighted by molar-refractivity contribution is -0.173. The zero-order chi connectivity index (χ0) is 9.84. The second-order valence-corrected chi connectivity index (χ2v) is 3.60. The van der Waals surface area contributed by atoms with Crippen molar-refractivity contribution in [1.29, 1.82) is 0 Å². The first kappa shape index (κ1) is 10.5. The first-order chi connectivity index (χ1) is 6.13. The number of carbonyl (C=O) groups excluding carboxylic acids is 1. The predicted octanol–water partition coefficient (Wildman–Crippen LogP) is 0.666. The molecule has 1 amide bonds. The smallest absolute Gasteiger partial charge is 0.248 e. The highest BCUT2D eigenvalue weighted by Gasteiger charge is 2.29. The van der Waals surface area contributed by atoms with Crippen molar-refractivity contribution in [1.82, 2.24) is 5.06 Å². The third-order valence-electron chi connectivity index (χ3n) is 2.20. The first-order valence-electron chi connectivity index (χ1n) is 4.86. The molecule has 0 aromatic carbocycles. The molecule has 0 spiro atoms. The van der Waals surface area contributed by atoms with Crippen molar-refractivity contribution in [3.05, 3.63) is 0 Å². The summed E-state index contributed by atoms with van der Waals surface area (Å²) in [5.74, 6) is 0.0903. The van der Waals surface area contributed by atoms with Gasteiger partial charge in [-0.25, -0.2) is 5.06 Å². The largest absolute Gasteiger partial charge is 0.328 e. The van der Waals surface area contributed by atoms with Gasteiger partial charge in [-0.15, -0.1) is 0 Å². The molecule has 13 heavy (non-hydrogen) atoms. The molecular formula is C9H18N2O2. The Morgan fingerprint density at radius 2 is 2.46 bits per heavy atom. The van der Waals surface area contributed by atoms with Gasteiger partial charge in [0.05, 0.1) is 19.1 Å². The lowest BCUT2D eigenvalue weighted by atomic mass is 10.2. The Kier molecular flexibility index (Phi) is 3.69. The Bertz CT molecular complexity index is 182. The van der Waals surface area contributed by atoms with E-state index in [0.29, 0.717) is 13.0 Å². The van der Waals surface area contributed by atoms with Crippen LogP contribution in [0.4, 0.5) is 0 Å². The van der Waals surface area contributed by atoms with Crippen LogP contribution in [0.25, 0.3) is 0 Å². The van der Waals surface area contributed by atoms with Crippen molar-refractivity contribution in [2.75, 3.05) is 6.54 Å². The van der Waals surface area contributed by atoms with Gasteiger partial charge in [0.1, 0.15) is 0 Å². The Morgan fingerprint density at radius 3 is 2.92 bits per heavy atom. The Hall–Kier alpha value is -0.610. The van der Waals surface area contributed by atoms with Gasteiger partial charge < -0.3 is 5.73 Å². The lowest BCUT2D eigenvalue weighted by Crippen LogP contribution is -2.29. The van der Waals surface area contributed by atoms with E-state index in [1.165, 1.54) is 5.06 Å². The van der Waals surface area contributed by atoms with Gasteiger partial charge in [0, 0.05) is 6.04 Å². The first-order valence-corrected chi connectivity index (χ1v) is 4.86. The predicted molar refractivity (Wildman–Crippen MR) is 49.8 cm³/mol. The van der Waals surface area contributed by atoms with E-state index >= 15 is 0 Å². The number of nitrogens with zero attached hydrogens (tertiary/aromatic N) is 1. The minimum atomic E-state index is 0.0839. The molecule has 2 unspecified atom stereocenters.